The van der Waals surface area contributed by atoms with Gasteiger partial charge in [-0.3, -0.25) is 4.79 Å². The van der Waals surface area contributed by atoms with E-state index in [9.17, 15) is 4.79 Å². The molecule has 0 fully saturated rings. The van der Waals surface area contributed by atoms with Crippen LogP contribution in [-0.4, -0.2) is 12.6 Å². The van der Waals surface area contributed by atoms with Crippen LogP contribution in [0.25, 0.3) is 6.08 Å². The van der Waals surface area contributed by atoms with E-state index in [0.29, 0.717) is 6.61 Å². The van der Waals surface area contributed by atoms with Gasteiger partial charge in [0.1, 0.15) is 6.61 Å². The minimum absolute atomic E-state index is 0.150. The smallest absolute Gasteiger partial charge is 0.311 e. The molecule has 0 bridgehead atoms. The molecule has 0 N–H and O–H groups in total. The molecule has 19 heavy (non-hydrogen) atoms. The Morgan fingerprint density at radius 2 is 1.84 bits per heavy atom. The number of rotatable bonds is 5. The number of hydrogen-bond donors (Lipinski definition) is 0. The molecule has 0 saturated heterocycles. The van der Waals surface area contributed by atoms with Crippen LogP contribution in [0.2, 0.25) is 0 Å². The third-order valence-corrected chi connectivity index (χ3v) is 2.74. The molecule has 1 aromatic rings. The summed E-state index contributed by atoms with van der Waals surface area (Å²) in [4.78, 5) is 11.8. The van der Waals surface area contributed by atoms with E-state index < -0.39 is 5.41 Å². The Balaban J connectivity index is 2.69. The molecule has 1 aromatic carbocycles. The summed E-state index contributed by atoms with van der Waals surface area (Å²) in [5.74, 6) is -0.150. The van der Waals surface area contributed by atoms with Gasteiger partial charge < -0.3 is 4.74 Å². The first-order valence-corrected chi connectivity index (χ1v) is 6.85. The van der Waals surface area contributed by atoms with E-state index >= 15 is 0 Å². The van der Waals surface area contributed by atoms with Crippen molar-refractivity contribution >= 4 is 12.0 Å². The Hall–Kier alpha value is -1.57. The van der Waals surface area contributed by atoms with Gasteiger partial charge >= 0.3 is 5.97 Å². The Kier molecular flexibility index (Phi) is 5.81. The van der Waals surface area contributed by atoms with Gasteiger partial charge in [0.15, 0.2) is 0 Å². The molecular formula is C17H24O2. The molecule has 0 aliphatic rings. The van der Waals surface area contributed by atoms with Crippen LogP contribution in [-0.2, 0) is 9.53 Å². The molecule has 0 heterocycles. The minimum Gasteiger partial charge on any atom is -0.461 e. The molecule has 0 amide bonds. The fraction of sp³-hybridized carbons (Fsp3) is 0.471. The van der Waals surface area contributed by atoms with Crippen LogP contribution in [0.1, 0.15) is 46.1 Å². The molecule has 104 valence electrons. The van der Waals surface area contributed by atoms with Gasteiger partial charge in [-0.25, -0.2) is 0 Å². The summed E-state index contributed by atoms with van der Waals surface area (Å²) in [6, 6.07) is 10.1. The maximum Gasteiger partial charge on any atom is 0.311 e. The van der Waals surface area contributed by atoms with Crippen LogP contribution >= 0.6 is 0 Å². The highest BCUT2D eigenvalue weighted by molar-refractivity contribution is 5.75. The first kappa shape index (κ1) is 15.5. The van der Waals surface area contributed by atoms with Crippen molar-refractivity contribution < 1.29 is 9.53 Å². The van der Waals surface area contributed by atoms with Crippen LogP contribution in [0, 0.1) is 5.41 Å². The Labute approximate surface area is 116 Å². The van der Waals surface area contributed by atoms with Crippen molar-refractivity contribution in [2.75, 3.05) is 6.61 Å². The van der Waals surface area contributed by atoms with Crippen molar-refractivity contribution in [3.05, 3.63) is 41.5 Å². The second kappa shape index (κ2) is 7.13. The Bertz CT molecular complexity index is 424. The van der Waals surface area contributed by atoms with Gasteiger partial charge in [0.05, 0.1) is 5.41 Å². The van der Waals surface area contributed by atoms with Crippen LogP contribution < -0.4 is 0 Å². The number of benzene rings is 1. The average molecular weight is 260 g/mol. The lowest BCUT2D eigenvalue weighted by Gasteiger charge is -2.17. The van der Waals surface area contributed by atoms with Crippen LogP contribution in [0.3, 0.4) is 0 Å². The molecule has 0 atom stereocenters. The van der Waals surface area contributed by atoms with Gasteiger partial charge in [-0.15, -0.1) is 0 Å². The molecule has 0 radical (unpaired) electrons. The predicted molar refractivity (Wildman–Crippen MR) is 79.7 cm³/mol. The standard InChI is InChI=1S/C17H24O2/c1-5-9-15(12-14-10-7-6-8-11-14)13-19-16(18)17(2,3)4/h6-8,10-12H,5,9,13H2,1-4H3/b15-12-. The van der Waals surface area contributed by atoms with Crippen LogP contribution in [0.5, 0.6) is 0 Å². The molecule has 2 heteroatoms. The second-order valence-electron chi connectivity index (χ2n) is 5.79. The Morgan fingerprint density at radius 1 is 1.21 bits per heavy atom. The predicted octanol–water partition coefficient (Wildman–Crippen LogP) is 4.46. The molecule has 1 rings (SSSR count). The maximum atomic E-state index is 11.8. The molecule has 0 saturated carbocycles. The van der Waals surface area contributed by atoms with Gasteiger partial charge in [0, 0.05) is 0 Å². The minimum atomic E-state index is -0.440. The van der Waals surface area contributed by atoms with E-state index in [1.807, 2.05) is 39.0 Å². The largest absolute Gasteiger partial charge is 0.461 e. The van der Waals surface area contributed by atoms with E-state index in [4.69, 9.17) is 4.74 Å². The summed E-state index contributed by atoms with van der Waals surface area (Å²) in [6.07, 6.45) is 4.11. The summed E-state index contributed by atoms with van der Waals surface area (Å²) < 4.78 is 5.39. The lowest BCUT2D eigenvalue weighted by Crippen LogP contribution is -2.23. The van der Waals surface area contributed by atoms with Crippen LogP contribution in [0.4, 0.5) is 0 Å². The highest BCUT2D eigenvalue weighted by Crippen LogP contribution is 2.18. The summed E-state index contributed by atoms with van der Waals surface area (Å²) >= 11 is 0. The summed E-state index contributed by atoms with van der Waals surface area (Å²) in [5, 5.41) is 0. The quantitative estimate of drug-likeness (QED) is 0.731. The van der Waals surface area contributed by atoms with E-state index in [0.717, 1.165) is 24.0 Å². The molecule has 0 aliphatic heterocycles. The maximum absolute atomic E-state index is 11.8. The Morgan fingerprint density at radius 3 is 2.37 bits per heavy atom. The molecule has 0 aromatic heterocycles. The van der Waals surface area contributed by atoms with Crippen molar-refractivity contribution in [1.82, 2.24) is 0 Å². The molecule has 0 aliphatic carbocycles. The van der Waals surface area contributed by atoms with Gasteiger partial charge in [0.25, 0.3) is 0 Å². The number of hydrogen-bond acceptors (Lipinski definition) is 2. The van der Waals surface area contributed by atoms with Gasteiger partial charge in [-0.2, -0.15) is 0 Å². The SMILES string of the molecule is CCC/C(=C/c1ccccc1)COC(=O)C(C)(C)C. The van der Waals surface area contributed by atoms with Gasteiger partial charge in [0.2, 0.25) is 0 Å². The highest BCUT2D eigenvalue weighted by atomic mass is 16.5. The lowest BCUT2D eigenvalue weighted by atomic mass is 9.97. The van der Waals surface area contributed by atoms with Crippen molar-refractivity contribution in [3.8, 4) is 0 Å². The van der Waals surface area contributed by atoms with Crippen molar-refractivity contribution in [2.24, 2.45) is 5.41 Å². The van der Waals surface area contributed by atoms with Crippen molar-refractivity contribution in [1.29, 1.82) is 0 Å². The number of carbonyl (C=O) groups excluding carboxylic acids is 1. The normalized spacial score (nSPS) is 12.3. The molecule has 2 nitrogen and oxygen atoms in total. The highest BCUT2D eigenvalue weighted by Gasteiger charge is 2.23. The summed E-state index contributed by atoms with van der Waals surface area (Å²) in [7, 11) is 0. The first-order valence-electron chi connectivity index (χ1n) is 6.85. The zero-order chi connectivity index (χ0) is 14.3. The zero-order valence-electron chi connectivity index (χ0n) is 12.4. The van der Waals surface area contributed by atoms with Crippen molar-refractivity contribution in [3.63, 3.8) is 0 Å². The lowest BCUT2D eigenvalue weighted by molar-refractivity contribution is -0.151. The third kappa shape index (κ3) is 5.73. The number of esters is 1. The van der Waals surface area contributed by atoms with E-state index in [2.05, 4.69) is 25.1 Å². The topological polar surface area (TPSA) is 26.3 Å². The van der Waals surface area contributed by atoms with E-state index in [-0.39, 0.29) is 5.97 Å². The van der Waals surface area contributed by atoms with Crippen LogP contribution in [0.15, 0.2) is 35.9 Å². The fourth-order valence-electron chi connectivity index (χ4n) is 1.67. The third-order valence-electron chi connectivity index (χ3n) is 2.74. The van der Waals surface area contributed by atoms with Gasteiger partial charge in [-0.05, 0) is 38.3 Å². The summed E-state index contributed by atoms with van der Waals surface area (Å²) in [6.45, 7) is 8.13. The molecule has 0 unspecified atom stereocenters. The van der Waals surface area contributed by atoms with E-state index in [1.165, 1.54) is 0 Å². The number of ether oxygens (including phenoxy) is 1. The number of carbonyl (C=O) groups is 1. The fourth-order valence-corrected chi connectivity index (χ4v) is 1.67. The van der Waals surface area contributed by atoms with E-state index in [1.54, 1.807) is 0 Å². The summed E-state index contributed by atoms with van der Waals surface area (Å²) in [5.41, 5.74) is 1.87. The molecule has 0 spiro atoms. The average Bonchev–Trinajstić information content (AvgIpc) is 2.36. The first-order chi connectivity index (χ1) is 8.93. The second-order valence-corrected chi connectivity index (χ2v) is 5.79. The van der Waals surface area contributed by atoms with Gasteiger partial charge in [-0.1, -0.05) is 49.8 Å². The monoisotopic (exact) mass is 260 g/mol. The molecular weight excluding hydrogens is 236 g/mol. The zero-order valence-corrected chi connectivity index (χ0v) is 12.4. The van der Waals surface area contributed by atoms with Crippen molar-refractivity contribution in [2.45, 2.75) is 40.5 Å².